The van der Waals surface area contributed by atoms with Crippen LogP contribution in [-0.2, 0) is 4.84 Å². The molecule has 0 bridgehead atoms. The normalized spacial score (nSPS) is 18.0. The zero-order valence-corrected chi connectivity index (χ0v) is 16.1. The number of hydrogen-bond acceptors (Lipinski definition) is 4. The number of benzene rings is 2. The van der Waals surface area contributed by atoms with E-state index in [2.05, 4.69) is 33.9 Å². The maximum absolute atomic E-state index is 5.98. The number of nitrogens with zero attached hydrogens (tertiary/aromatic N) is 1. The monoisotopic (exact) mass is 381 g/mol. The minimum atomic E-state index is -0.257. The molecule has 2 aromatic rings. The fourth-order valence-corrected chi connectivity index (χ4v) is 3.78. The highest BCUT2D eigenvalue weighted by atomic mass is 32.1. The Morgan fingerprint density at radius 3 is 2.67 bits per heavy atom. The molecule has 1 spiro atoms. The molecule has 6 heteroatoms. The Morgan fingerprint density at radius 1 is 1.15 bits per heavy atom. The second-order valence-electron chi connectivity index (χ2n) is 6.84. The van der Waals surface area contributed by atoms with Gasteiger partial charge in [-0.05, 0) is 36.0 Å². The molecule has 5 nitrogen and oxygen atoms in total. The predicted molar refractivity (Wildman–Crippen MR) is 111 cm³/mol. The van der Waals surface area contributed by atoms with E-state index >= 15 is 0 Å². The van der Waals surface area contributed by atoms with Gasteiger partial charge >= 0.3 is 0 Å². The van der Waals surface area contributed by atoms with E-state index in [0.29, 0.717) is 0 Å². The van der Waals surface area contributed by atoms with Crippen LogP contribution >= 0.6 is 12.2 Å². The molecule has 0 aromatic heterocycles. The molecule has 0 radical (unpaired) electrons. The third kappa shape index (κ3) is 3.91. The second-order valence-corrected chi connectivity index (χ2v) is 7.23. The van der Waals surface area contributed by atoms with Gasteiger partial charge in [0, 0.05) is 37.7 Å². The highest BCUT2D eigenvalue weighted by Crippen LogP contribution is 2.34. The Morgan fingerprint density at radius 2 is 1.93 bits per heavy atom. The molecule has 2 heterocycles. The lowest BCUT2D eigenvalue weighted by Gasteiger charge is -2.37. The SMILES string of the molecule is COc1cccc(NC(=S)N2CCC3(C=C(c4ccccc4)NO3)CC2)c1. The number of piperidine rings is 1. The predicted octanol–water partition coefficient (Wildman–Crippen LogP) is 3.80. The minimum Gasteiger partial charge on any atom is -0.497 e. The first-order valence-corrected chi connectivity index (χ1v) is 9.51. The van der Waals surface area contributed by atoms with Gasteiger partial charge < -0.3 is 15.0 Å². The van der Waals surface area contributed by atoms with Crippen LogP contribution in [0.15, 0.2) is 60.7 Å². The molecule has 1 fully saturated rings. The number of thiocarbonyl (C=S) groups is 1. The smallest absolute Gasteiger partial charge is 0.173 e. The van der Waals surface area contributed by atoms with Gasteiger partial charge in [-0.25, -0.2) is 0 Å². The summed E-state index contributed by atoms with van der Waals surface area (Å²) in [6, 6.07) is 18.1. The molecule has 0 unspecified atom stereocenters. The van der Waals surface area contributed by atoms with Crippen LogP contribution in [0, 0.1) is 0 Å². The average Bonchev–Trinajstić information content (AvgIpc) is 3.13. The van der Waals surface area contributed by atoms with E-state index in [1.807, 2.05) is 42.5 Å². The Balaban J connectivity index is 1.37. The van der Waals surface area contributed by atoms with Crippen molar-refractivity contribution in [3.05, 3.63) is 66.2 Å². The van der Waals surface area contributed by atoms with Gasteiger partial charge in [-0.1, -0.05) is 36.4 Å². The zero-order chi connectivity index (χ0) is 18.7. The highest BCUT2D eigenvalue weighted by molar-refractivity contribution is 7.80. The van der Waals surface area contributed by atoms with E-state index in [9.17, 15) is 0 Å². The average molecular weight is 382 g/mol. The molecule has 2 N–H and O–H groups in total. The quantitative estimate of drug-likeness (QED) is 0.789. The van der Waals surface area contributed by atoms with Crippen molar-refractivity contribution in [2.45, 2.75) is 18.4 Å². The van der Waals surface area contributed by atoms with E-state index in [-0.39, 0.29) is 5.60 Å². The molecule has 27 heavy (non-hydrogen) atoms. The number of hydroxylamine groups is 1. The molecule has 2 aliphatic rings. The van der Waals surface area contributed by atoms with Gasteiger partial charge in [0.15, 0.2) is 5.11 Å². The molecular weight excluding hydrogens is 358 g/mol. The van der Waals surface area contributed by atoms with Crippen LogP contribution in [0.25, 0.3) is 5.70 Å². The molecule has 140 valence electrons. The summed E-state index contributed by atoms with van der Waals surface area (Å²) in [7, 11) is 1.66. The molecule has 4 rings (SSSR count). The number of anilines is 1. The Hall–Kier alpha value is -2.57. The highest BCUT2D eigenvalue weighted by Gasteiger charge is 2.39. The van der Waals surface area contributed by atoms with Gasteiger partial charge in [-0.15, -0.1) is 0 Å². The summed E-state index contributed by atoms with van der Waals surface area (Å²) in [4.78, 5) is 8.17. The molecule has 1 saturated heterocycles. The van der Waals surface area contributed by atoms with Crippen molar-refractivity contribution in [3.8, 4) is 5.75 Å². The first-order chi connectivity index (χ1) is 13.2. The van der Waals surface area contributed by atoms with E-state index in [1.54, 1.807) is 7.11 Å². The van der Waals surface area contributed by atoms with Gasteiger partial charge in [0.05, 0.1) is 12.8 Å². The standard InChI is InChI=1S/C21H23N3O2S/c1-25-18-9-5-8-17(14-18)22-20(27)24-12-10-21(11-13-24)15-19(23-26-21)16-6-3-2-4-7-16/h2-9,14-15,23H,10-13H2,1H3,(H,22,27). The molecule has 0 atom stereocenters. The Kier molecular flexibility index (Phi) is 5.01. The van der Waals surface area contributed by atoms with E-state index in [0.717, 1.165) is 53.7 Å². The van der Waals surface area contributed by atoms with Crippen molar-refractivity contribution >= 4 is 28.7 Å². The summed E-state index contributed by atoms with van der Waals surface area (Å²) in [5, 5.41) is 4.04. The van der Waals surface area contributed by atoms with Crippen molar-refractivity contribution in [1.29, 1.82) is 0 Å². The lowest BCUT2D eigenvalue weighted by molar-refractivity contribution is -0.0615. The first kappa shape index (κ1) is 17.8. The van der Waals surface area contributed by atoms with Gasteiger partial charge in [-0.3, -0.25) is 10.3 Å². The summed E-state index contributed by atoms with van der Waals surface area (Å²) in [6.45, 7) is 1.69. The second kappa shape index (κ2) is 7.58. The summed E-state index contributed by atoms with van der Waals surface area (Å²) >= 11 is 5.60. The lowest BCUT2D eigenvalue weighted by atomic mass is 9.90. The van der Waals surface area contributed by atoms with Crippen LogP contribution in [0.4, 0.5) is 5.69 Å². The Labute approximate surface area is 164 Å². The number of hydrogen-bond donors (Lipinski definition) is 2. The van der Waals surface area contributed by atoms with E-state index < -0.39 is 0 Å². The number of ether oxygens (including phenoxy) is 1. The maximum atomic E-state index is 5.98. The third-order valence-corrected chi connectivity index (χ3v) is 5.43. The number of rotatable bonds is 3. The van der Waals surface area contributed by atoms with Crippen molar-refractivity contribution < 1.29 is 9.57 Å². The Bertz CT molecular complexity index is 846. The summed E-state index contributed by atoms with van der Waals surface area (Å²) in [6.07, 6.45) is 3.99. The molecule has 2 aliphatic heterocycles. The molecule has 0 amide bonds. The van der Waals surface area contributed by atoms with E-state index in [4.69, 9.17) is 21.8 Å². The van der Waals surface area contributed by atoms with Crippen molar-refractivity contribution in [2.75, 3.05) is 25.5 Å². The van der Waals surface area contributed by atoms with Gasteiger partial charge in [0.2, 0.25) is 0 Å². The molecule has 2 aromatic carbocycles. The van der Waals surface area contributed by atoms with Crippen LogP contribution < -0.4 is 15.5 Å². The van der Waals surface area contributed by atoms with Crippen LogP contribution in [0.5, 0.6) is 5.75 Å². The molecular formula is C21H23N3O2S. The van der Waals surface area contributed by atoms with Crippen molar-refractivity contribution in [1.82, 2.24) is 10.4 Å². The number of likely N-dealkylation sites (tertiary alicyclic amines) is 1. The van der Waals surface area contributed by atoms with Crippen molar-refractivity contribution in [2.24, 2.45) is 0 Å². The maximum Gasteiger partial charge on any atom is 0.173 e. The minimum absolute atomic E-state index is 0.257. The number of methoxy groups -OCH3 is 1. The fourth-order valence-electron chi connectivity index (χ4n) is 3.48. The lowest BCUT2D eigenvalue weighted by Crippen LogP contribution is -2.48. The van der Waals surface area contributed by atoms with Crippen LogP contribution in [0.1, 0.15) is 18.4 Å². The number of nitrogens with one attached hydrogen (secondary N) is 2. The van der Waals surface area contributed by atoms with Gasteiger partial charge in [-0.2, -0.15) is 0 Å². The van der Waals surface area contributed by atoms with Crippen LogP contribution in [-0.4, -0.2) is 35.8 Å². The molecule has 0 aliphatic carbocycles. The van der Waals surface area contributed by atoms with E-state index in [1.165, 1.54) is 0 Å². The van der Waals surface area contributed by atoms with Crippen LogP contribution in [0.3, 0.4) is 0 Å². The summed E-state index contributed by atoms with van der Waals surface area (Å²) in [5.41, 5.74) is 5.98. The topological polar surface area (TPSA) is 45.8 Å². The fraction of sp³-hybridized carbons (Fsp3) is 0.286. The zero-order valence-electron chi connectivity index (χ0n) is 15.3. The first-order valence-electron chi connectivity index (χ1n) is 9.10. The van der Waals surface area contributed by atoms with Gasteiger partial charge in [0.1, 0.15) is 11.4 Å². The van der Waals surface area contributed by atoms with Gasteiger partial charge in [0.25, 0.3) is 0 Å². The van der Waals surface area contributed by atoms with Crippen molar-refractivity contribution in [3.63, 3.8) is 0 Å². The summed E-state index contributed by atoms with van der Waals surface area (Å²) < 4.78 is 5.26. The third-order valence-electron chi connectivity index (χ3n) is 5.07. The largest absolute Gasteiger partial charge is 0.497 e. The molecule has 0 saturated carbocycles. The van der Waals surface area contributed by atoms with Crippen LogP contribution in [0.2, 0.25) is 0 Å². The summed E-state index contributed by atoms with van der Waals surface area (Å²) in [5.74, 6) is 0.810.